The molecular weight excluding hydrogens is 288 g/mol. The minimum absolute atomic E-state index is 0.0922. The Hall–Kier alpha value is -1.26. The number of hydrogen-bond donors (Lipinski definition) is 0. The van der Waals surface area contributed by atoms with Crippen LogP contribution in [0.15, 0.2) is 24.3 Å². The van der Waals surface area contributed by atoms with Gasteiger partial charge in [-0.3, -0.25) is 4.79 Å². The van der Waals surface area contributed by atoms with Crippen LogP contribution in [0.5, 0.6) is 0 Å². The standard InChI is InChI=1S/C16H24ClN2O2/c1-3-21-16(20)8-11-19(2)12-9-18(10-13-19)15-7-5-4-6-14(15)17/h4-7H,3,8-13H2,1-2H3/q+1. The number of rotatable bonds is 5. The molecule has 0 unspecified atom stereocenters. The number of esters is 1. The fraction of sp³-hybridized carbons (Fsp3) is 0.562. The third kappa shape index (κ3) is 4.35. The lowest BCUT2D eigenvalue weighted by Crippen LogP contribution is -2.58. The maximum absolute atomic E-state index is 11.5. The smallest absolute Gasteiger partial charge is 0.311 e. The Morgan fingerprint density at radius 2 is 2.00 bits per heavy atom. The van der Waals surface area contributed by atoms with E-state index in [2.05, 4.69) is 18.0 Å². The number of para-hydroxylation sites is 1. The second kappa shape index (κ2) is 7.14. The first-order valence-corrected chi connectivity index (χ1v) is 7.90. The molecule has 1 aromatic carbocycles. The van der Waals surface area contributed by atoms with Crippen LogP contribution in [0.25, 0.3) is 0 Å². The van der Waals surface area contributed by atoms with Gasteiger partial charge in [-0.15, -0.1) is 0 Å². The van der Waals surface area contributed by atoms with Gasteiger partial charge in [0.1, 0.15) is 0 Å². The Labute approximate surface area is 131 Å². The van der Waals surface area contributed by atoms with E-state index < -0.39 is 0 Å². The van der Waals surface area contributed by atoms with Gasteiger partial charge in [0.15, 0.2) is 0 Å². The molecule has 0 saturated carbocycles. The Morgan fingerprint density at radius 3 is 2.62 bits per heavy atom. The van der Waals surface area contributed by atoms with E-state index in [9.17, 15) is 4.79 Å². The van der Waals surface area contributed by atoms with Crippen molar-refractivity contribution in [3.8, 4) is 0 Å². The molecule has 0 spiro atoms. The molecule has 1 saturated heterocycles. The number of benzene rings is 1. The number of piperazine rings is 1. The maximum Gasteiger partial charge on any atom is 0.311 e. The second-order valence-corrected chi connectivity index (χ2v) is 6.19. The molecule has 0 atom stereocenters. The summed E-state index contributed by atoms with van der Waals surface area (Å²) >= 11 is 6.26. The van der Waals surface area contributed by atoms with Crippen LogP contribution in [-0.2, 0) is 9.53 Å². The first-order valence-electron chi connectivity index (χ1n) is 7.53. The molecule has 0 N–H and O–H groups in total. The van der Waals surface area contributed by atoms with Gasteiger partial charge < -0.3 is 14.1 Å². The van der Waals surface area contributed by atoms with Crippen LogP contribution in [0, 0.1) is 0 Å². The van der Waals surface area contributed by atoms with Gasteiger partial charge in [-0.1, -0.05) is 23.7 Å². The summed E-state index contributed by atoms with van der Waals surface area (Å²) in [5.41, 5.74) is 1.11. The second-order valence-electron chi connectivity index (χ2n) is 5.78. The summed E-state index contributed by atoms with van der Waals surface area (Å²) in [5.74, 6) is -0.0922. The van der Waals surface area contributed by atoms with Gasteiger partial charge in [0.2, 0.25) is 0 Å². The van der Waals surface area contributed by atoms with E-state index >= 15 is 0 Å². The highest BCUT2D eigenvalue weighted by molar-refractivity contribution is 6.33. The SMILES string of the molecule is CCOC(=O)CC[N+]1(C)CCN(c2ccccc2Cl)CC1. The van der Waals surface area contributed by atoms with Crippen LogP contribution in [-0.4, -0.2) is 56.8 Å². The quantitative estimate of drug-likeness (QED) is 0.618. The number of ether oxygens (including phenoxy) is 1. The third-order valence-electron chi connectivity index (χ3n) is 4.17. The predicted octanol–water partition coefficient (Wildman–Crippen LogP) is 2.56. The molecule has 0 aromatic heterocycles. The van der Waals surface area contributed by atoms with Crippen LogP contribution < -0.4 is 4.90 Å². The fourth-order valence-corrected chi connectivity index (χ4v) is 2.97. The Morgan fingerprint density at radius 1 is 1.33 bits per heavy atom. The van der Waals surface area contributed by atoms with E-state index in [0.29, 0.717) is 13.0 Å². The summed E-state index contributed by atoms with van der Waals surface area (Å²) in [7, 11) is 2.21. The fourth-order valence-electron chi connectivity index (χ4n) is 2.71. The molecule has 2 rings (SSSR count). The van der Waals surface area contributed by atoms with Gasteiger partial charge in [0, 0.05) is 0 Å². The first kappa shape index (κ1) is 16.1. The van der Waals surface area contributed by atoms with Crippen molar-refractivity contribution in [2.45, 2.75) is 13.3 Å². The molecule has 0 amide bonds. The Kier molecular flexibility index (Phi) is 5.48. The van der Waals surface area contributed by atoms with Crippen molar-refractivity contribution < 1.29 is 14.0 Å². The molecule has 1 heterocycles. The summed E-state index contributed by atoms with van der Waals surface area (Å²) in [5, 5.41) is 0.806. The molecule has 116 valence electrons. The van der Waals surface area contributed by atoms with Gasteiger partial charge in [-0.05, 0) is 19.1 Å². The monoisotopic (exact) mass is 311 g/mol. The highest BCUT2D eigenvalue weighted by Gasteiger charge is 2.29. The highest BCUT2D eigenvalue weighted by atomic mass is 35.5. The van der Waals surface area contributed by atoms with Gasteiger partial charge >= 0.3 is 5.97 Å². The molecule has 0 bridgehead atoms. The van der Waals surface area contributed by atoms with Crippen molar-refractivity contribution in [2.75, 3.05) is 51.3 Å². The minimum atomic E-state index is -0.0922. The molecular formula is C16H24ClN2O2+. The van der Waals surface area contributed by atoms with Crippen LogP contribution in [0.2, 0.25) is 5.02 Å². The zero-order valence-corrected chi connectivity index (χ0v) is 13.6. The third-order valence-corrected chi connectivity index (χ3v) is 4.49. The van der Waals surface area contributed by atoms with Crippen LogP contribution in [0.3, 0.4) is 0 Å². The van der Waals surface area contributed by atoms with E-state index in [1.807, 2.05) is 25.1 Å². The van der Waals surface area contributed by atoms with E-state index in [4.69, 9.17) is 16.3 Å². The lowest BCUT2D eigenvalue weighted by Gasteiger charge is -2.42. The number of anilines is 1. The number of hydrogen-bond acceptors (Lipinski definition) is 3. The predicted molar refractivity (Wildman–Crippen MR) is 85.7 cm³/mol. The van der Waals surface area contributed by atoms with E-state index in [-0.39, 0.29) is 5.97 Å². The van der Waals surface area contributed by atoms with E-state index in [0.717, 1.165) is 47.9 Å². The van der Waals surface area contributed by atoms with Crippen LogP contribution in [0.1, 0.15) is 13.3 Å². The summed E-state index contributed by atoms with van der Waals surface area (Å²) in [4.78, 5) is 13.8. The Balaban J connectivity index is 1.87. The largest absolute Gasteiger partial charge is 0.466 e. The normalized spacial score (nSPS) is 17.6. The topological polar surface area (TPSA) is 29.5 Å². The highest BCUT2D eigenvalue weighted by Crippen LogP contribution is 2.27. The Bertz CT molecular complexity index is 485. The number of carbonyl (C=O) groups is 1. The van der Waals surface area contributed by atoms with Gasteiger partial charge in [-0.25, -0.2) is 0 Å². The number of carbonyl (C=O) groups excluding carboxylic acids is 1. The lowest BCUT2D eigenvalue weighted by atomic mass is 10.2. The molecule has 1 fully saturated rings. The van der Waals surface area contributed by atoms with Crippen molar-refractivity contribution in [1.82, 2.24) is 0 Å². The lowest BCUT2D eigenvalue weighted by molar-refractivity contribution is -0.909. The van der Waals surface area contributed by atoms with E-state index in [1.54, 1.807) is 0 Å². The molecule has 1 aliphatic rings. The van der Waals surface area contributed by atoms with Crippen molar-refractivity contribution in [3.05, 3.63) is 29.3 Å². The van der Waals surface area contributed by atoms with Gasteiger partial charge in [0.25, 0.3) is 0 Å². The van der Waals surface area contributed by atoms with Crippen molar-refractivity contribution in [3.63, 3.8) is 0 Å². The average molecular weight is 312 g/mol. The summed E-state index contributed by atoms with van der Waals surface area (Å²) in [6.45, 7) is 7.11. The number of likely N-dealkylation sites (N-methyl/N-ethyl adjacent to an activating group) is 1. The zero-order chi connectivity index (χ0) is 15.3. The van der Waals surface area contributed by atoms with Crippen molar-refractivity contribution >= 4 is 23.3 Å². The number of quaternary nitrogens is 1. The molecule has 1 aliphatic heterocycles. The van der Waals surface area contributed by atoms with Crippen LogP contribution >= 0.6 is 11.6 Å². The average Bonchev–Trinajstić information content (AvgIpc) is 2.47. The summed E-state index contributed by atoms with van der Waals surface area (Å²) in [6, 6.07) is 7.97. The zero-order valence-electron chi connectivity index (χ0n) is 12.8. The van der Waals surface area contributed by atoms with Crippen molar-refractivity contribution in [1.29, 1.82) is 0 Å². The summed E-state index contributed by atoms with van der Waals surface area (Å²) < 4.78 is 5.92. The molecule has 5 heteroatoms. The number of nitrogens with zero attached hydrogens (tertiary/aromatic N) is 2. The molecule has 0 radical (unpaired) electrons. The molecule has 1 aromatic rings. The van der Waals surface area contributed by atoms with E-state index in [1.165, 1.54) is 0 Å². The summed E-state index contributed by atoms with van der Waals surface area (Å²) in [6.07, 6.45) is 0.496. The molecule has 4 nitrogen and oxygen atoms in total. The van der Waals surface area contributed by atoms with Gasteiger partial charge in [-0.2, -0.15) is 0 Å². The minimum Gasteiger partial charge on any atom is -0.466 e. The maximum atomic E-state index is 11.5. The molecule has 0 aliphatic carbocycles. The first-order chi connectivity index (χ1) is 10.0. The van der Waals surface area contributed by atoms with Gasteiger partial charge in [0.05, 0.1) is 63.5 Å². The van der Waals surface area contributed by atoms with Crippen LogP contribution in [0.4, 0.5) is 5.69 Å². The molecule has 21 heavy (non-hydrogen) atoms. The van der Waals surface area contributed by atoms with Crippen molar-refractivity contribution in [2.24, 2.45) is 0 Å². The number of halogens is 1.